The molecule has 2 rings (SSSR count). The molecule has 1 aliphatic heterocycles. The van der Waals surface area contributed by atoms with Crippen LogP contribution in [0.4, 0.5) is 0 Å². The third-order valence-corrected chi connectivity index (χ3v) is 5.63. The van der Waals surface area contributed by atoms with Gasteiger partial charge in [0.2, 0.25) is 15.9 Å². The molecule has 0 unspecified atom stereocenters. The lowest BCUT2D eigenvalue weighted by atomic mass is 9.79. The minimum absolute atomic E-state index is 0.332. The molecule has 1 aromatic carbocycles. The van der Waals surface area contributed by atoms with Crippen molar-refractivity contribution in [1.82, 2.24) is 4.72 Å². The molecule has 1 amide bonds. The number of nitrogens with zero attached hydrogens (tertiary/aromatic N) is 1. The predicted octanol–water partition coefficient (Wildman–Crippen LogP) is 2.35. The number of hydrogen-bond donors (Lipinski definition) is 1. The third kappa shape index (κ3) is 5.83. The number of carbonyl (C=O) groups is 1. The van der Waals surface area contributed by atoms with E-state index in [9.17, 15) is 13.2 Å². The van der Waals surface area contributed by atoms with Crippen molar-refractivity contribution in [3.8, 4) is 6.07 Å². The number of benzene rings is 1. The lowest BCUT2D eigenvalue weighted by Crippen LogP contribution is -2.42. The lowest BCUT2D eigenvalue weighted by molar-refractivity contribution is -0.128. The highest BCUT2D eigenvalue weighted by Gasteiger charge is 2.34. The Morgan fingerprint density at radius 3 is 2.68 bits per heavy atom. The molecule has 0 atom stereocenters. The van der Waals surface area contributed by atoms with Crippen LogP contribution in [0, 0.1) is 22.7 Å². The average molecular weight is 364 g/mol. The average Bonchev–Trinajstić information content (AvgIpc) is 2.54. The summed E-state index contributed by atoms with van der Waals surface area (Å²) in [5.74, 6) is -0.457. The van der Waals surface area contributed by atoms with Gasteiger partial charge in [-0.1, -0.05) is 26.0 Å². The number of rotatable bonds is 6. The molecule has 1 aromatic rings. The van der Waals surface area contributed by atoms with E-state index in [2.05, 4.69) is 4.72 Å². The third-order valence-electron chi connectivity index (χ3n) is 4.42. The molecule has 0 bridgehead atoms. The minimum atomic E-state index is -3.82. The first-order valence-corrected chi connectivity index (χ1v) is 9.99. The largest absolute Gasteiger partial charge is 0.381 e. The van der Waals surface area contributed by atoms with Gasteiger partial charge >= 0.3 is 0 Å². The maximum absolute atomic E-state index is 12.5. The maximum atomic E-state index is 12.5. The van der Waals surface area contributed by atoms with Gasteiger partial charge in [-0.2, -0.15) is 5.26 Å². The second-order valence-corrected chi connectivity index (χ2v) is 8.87. The zero-order chi connectivity index (χ0) is 18.5. The van der Waals surface area contributed by atoms with Crippen LogP contribution in [0.1, 0.15) is 44.2 Å². The van der Waals surface area contributed by atoms with Gasteiger partial charge in [-0.3, -0.25) is 9.52 Å². The van der Waals surface area contributed by atoms with Crippen LogP contribution in [-0.2, 0) is 25.3 Å². The summed E-state index contributed by atoms with van der Waals surface area (Å²) < 4.78 is 32.1. The first-order chi connectivity index (χ1) is 11.7. The fourth-order valence-electron chi connectivity index (χ4n) is 3.03. The molecule has 0 aliphatic carbocycles. The van der Waals surface area contributed by atoms with E-state index in [1.807, 2.05) is 6.07 Å². The number of ether oxygens (including phenoxy) is 1. The van der Waals surface area contributed by atoms with Crippen LogP contribution in [0.15, 0.2) is 24.3 Å². The van der Waals surface area contributed by atoms with Gasteiger partial charge in [-0.25, -0.2) is 8.42 Å². The predicted molar refractivity (Wildman–Crippen MR) is 93.9 cm³/mol. The Balaban J connectivity index is 2.00. The number of hydrogen-bond acceptors (Lipinski definition) is 5. The summed E-state index contributed by atoms with van der Waals surface area (Å²) in [7, 11) is -3.82. The summed E-state index contributed by atoms with van der Waals surface area (Å²) in [5.41, 5.74) is 0.0873. The van der Waals surface area contributed by atoms with E-state index in [1.165, 1.54) is 6.07 Å². The zero-order valence-electron chi connectivity index (χ0n) is 14.6. The molecule has 0 aromatic heterocycles. The monoisotopic (exact) mass is 364 g/mol. The summed E-state index contributed by atoms with van der Waals surface area (Å²) in [5, 5.41) is 8.89. The van der Waals surface area contributed by atoms with Crippen LogP contribution in [0.2, 0.25) is 0 Å². The Labute approximate surface area is 149 Å². The SMILES string of the molecule is CC(C)(CC1CCOCC1)C(=O)NS(=O)(=O)Cc1cccc(C#N)c1. The molecule has 25 heavy (non-hydrogen) atoms. The van der Waals surface area contributed by atoms with Gasteiger partial charge in [0.05, 0.1) is 17.4 Å². The Hall–Kier alpha value is -1.91. The lowest BCUT2D eigenvalue weighted by Gasteiger charge is -2.30. The van der Waals surface area contributed by atoms with Crippen molar-refractivity contribution in [1.29, 1.82) is 5.26 Å². The quantitative estimate of drug-likeness (QED) is 0.836. The molecule has 7 heteroatoms. The van der Waals surface area contributed by atoms with Crippen LogP contribution < -0.4 is 4.72 Å². The van der Waals surface area contributed by atoms with Crippen LogP contribution in [0.3, 0.4) is 0 Å². The first kappa shape index (κ1) is 19.4. The first-order valence-electron chi connectivity index (χ1n) is 8.33. The van der Waals surface area contributed by atoms with Crippen molar-refractivity contribution in [3.05, 3.63) is 35.4 Å². The van der Waals surface area contributed by atoms with Crippen molar-refractivity contribution >= 4 is 15.9 Å². The molecule has 6 nitrogen and oxygen atoms in total. The number of amides is 1. The highest BCUT2D eigenvalue weighted by molar-refractivity contribution is 7.89. The molecule has 0 radical (unpaired) electrons. The topological polar surface area (TPSA) is 96.3 Å². The van der Waals surface area contributed by atoms with Crippen LogP contribution in [0.25, 0.3) is 0 Å². The van der Waals surface area contributed by atoms with Crippen LogP contribution in [0.5, 0.6) is 0 Å². The van der Waals surface area contributed by atoms with Crippen molar-refractivity contribution in [2.45, 2.75) is 38.9 Å². The number of carbonyl (C=O) groups excluding carboxylic acids is 1. The van der Waals surface area contributed by atoms with Gasteiger partial charge in [-0.15, -0.1) is 0 Å². The molecular weight excluding hydrogens is 340 g/mol. The van der Waals surface area contributed by atoms with E-state index >= 15 is 0 Å². The summed E-state index contributed by atoms with van der Waals surface area (Å²) in [6, 6.07) is 8.33. The standard InChI is InChI=1S/C18H24N2O4S/c1-18(2,11-14-6-8-24-9-7-14)17(21)20-25(22,23)13-16-5-3-4-15(10-16)12-19/h3-5,10,14H,6-9,11,13H2,1-2H3,(H,20,21). The number of sulfonamides is 1. The second kappa shape index (κ2) is 7.98. The second-order valence-electron chi connectivity index (χ2n) is 7.15. The Morgan fingerprint density at radius 2 is 2.04 bits per heavy atom. The molecule has 1 saturated heterocycles. The van der Waals surface area contributed by atoms with Gasteiger partial charge in [-0.05, 0) is 42.9 Å². The smallest absolute Gasteiger partial charge is 0.239 e. The van der Waals surface area contributed by atoms with Crippen molar-refractivity contribution in [2.24, 2.45) is 11.3 Å². The van der Waals surface area contributed by atoms with E-state index in [0.29, 0.717) is 36.7 Å². The Bertz CT molecular complexity index is 760. The van der Waals surface area contributed by atoms with E-state index in [4.69, 9.17) is 10.00 Å². The summed E-state index contributed by atoms with van der Waals surface area (Å²) in [6.45, 7) is 4.92. The molecule has 1 N–H and O–H groups in total. The molecule has 0 spiro atoms. The summed E-state index contributed by atoms with van der Waals surface area (Å²) in [4.78, 5) is 12.5. The van der Waals surface area contributed by atoms with Crippen LogP contribution in [-0.4, -0.2) is 27.5 Å². The van der Waals surface area contributed by atoms with Gasteiger partial charge in [0, 0.05) is 18.6 Å². The molecule has 0 saturated carbocycles. The van der Waals surface area contributed by atoms with E-state index in [-0.39, 0.29) is 5.75 Å². The van der Waals surface area contributed by atoms with Gasteiger partial charge < -0.3 is 4.74 Å². The van der Waals surface area contributed by atoms with Gasteiger partial charge in [0.25, 0.3) is 0 Å². The van der Waals surface area contributed by atoms with E-state index in [1.54, 1.807) is 32.0 Å². The Kier molecular flexibility index (Phi) is 6.20. The zero-order valence-corrected chi connectivity index (χ0v) is 15.4. The normalized spacial score (nSPS) is 16.2. The maximum Gasteiger partial charge on any atom is 0.239 e. The highest BCUT2D eigenvalue weighted by atomic mass is 32.2. The van der Waals surface area contributed by atoms with E-state index < -0.39 is 21.3 Å². The molecule has 1 aliphatic rings. The van der Waals surface area contributed by atoms with Crippen molar-refractivity contribution in [3.63, 3.8) is 0 Å². The minimum Gasteiger partial charge on any atom is -0.381 e. The number of nitrogens with one attached hydrogen (secondary N) is 1. The van der Waals surface area contributed by atoms with Crippen LogP contribution >= 0.6 is 0 Å². The Morgan fingerprint density at radius 1 is 1.36 bits per heavy atom. The highest BCUT2D eigenvalue weighted by Crippen LogP contribution is 2.31. The molecule has 1 fully saturated rings. The van der Waals surface area contributed by atoms with Gasteiger partial charge in [0.1, 0.15) is 0 Å². The van der Waals surface area contributed by atoms with Crippen molar-refractivity contribution in [2.75, 3.05) is 13.2 Å². The fraction of sp³-hybridized carbons (Fsp3) is 0.556. The van der Waals surface area contributed by atoms with Crippen molar-refractivity contribution < 1.29 is 17.9 Å². The molecule has 1 heterocycles. The van der Waals surface area contributed by atoms with E-state index in [0.717, 1.165) is 12.8 Å². The van der Waals surface area contributed by atoms with Gasteiger partial charge in [0.15, 0.2) is 0 Å². The number of nitriles is 1. The summed E-state index contributed by atoms with van der Waals surface area (Å²) >= 11 is 0. The fourth-order valence-corrected chi connectivity index (χ4v) is 4.28. The molecular formula is C18H24N2O4S. The summed E-state index contributed by atoms with van der Waals surface area (Å²) in [6.07, 6.45) is 2.41. The molecule has 136 valence electrons.